The van der Waals surface area contributed by atoms with Gasteiger partial charge in [0, 0.05) is 19.9 Å². The summed E-state index contributed by atoms with van der Waals surface area (Å²) in [5.74, 6) is -0.260. The van der Waals surface area contributed by atoms with E-state index in [0.29, 0.717) is 11.5 Å². The van der Waals surface area contributed by atoms with Crippen LogP contribution in [0.25, 0.3) is 0 Å². The SMILES string of the molecule is CC(=O)Oc1c[c]cc(OC(C)=O)c1. The molecule has 4 heteroatoms. The Hall–Kier alpha value is -1.84. The Bertz CT molecular complexity index is 326. The molecule has 0 aliphatic heterocycles. The van der Waals surface area contributed by atoms with E-state index in [-0.39, 0.29) is 0 Å². The first-order valence-electron chi connectivity index (χ1n) is 3.96. The maximum Gasteiger partial charge on any atom is 0.308 e. The molecular weight excluding hydrogens is 184 g/mol. The average Bonchev–Trinajstić information content (AvgIpc) is 2.01. The number of rotatable bonds is 2. The smallest absolute Gasteiger partial charge is 0.308 e. The fourth-order valence-corrected chi connectivity index (χ4v) is 0.879. The van der Waals surface area contributed by atoms with E-state index in [9.17, 15) is 9.59 Å². The molecule has 0 fully saturated rings. The van der Waals surface area contributed by atoms with Gasteiger partial charge in [-0.3, -0.25) is 9.59 Å². The second-order valence-corrected chi connectivity index (χ2v) is 2.59. The van der Waals surface area contributed by atoms with E-state index in [4.69, 9.17) is 9.47 Å². The Balaban J connectivity index is 2.78. The number of benzene rings is 1. The summed E-state index contributed by atoms with van der Waals surface area (Å²) in [6.45, 7) is 2.58. The van der Waals surface area contributed by atoms with Crippen molar-refractivity contribution < 1.29 is 19.1 Å². The van der Waals surface area contributed by atoms with Gasteiger partial charge in [0.2, 0.25) is 0 Å². The van der Waals surface area contributed by atoms with Crippen LogP contribution in [0.1, 0.15) is 13.8 Å². The van der Waals surface area contributed by atoms with E-state index < -0.39 is 11.9 Å². The maximum absolute atomic E-state index is 10.6. The number of carbonyl (C=O) groups excluding carboxylic acids is 2. The van der Waals surface area contributed by atoms with E-state index in [1.807, 2.05) is 0 Å². The summed E-state index contributed by atoms with van der Waals surface area (Å²) in [6.07, 6.45) is 0. The van der Waals surface area contributed by atoms with Gasteiger partial charge in [-0.05, 0) is 18.2 Å². The third kappa shape index (κ3) is 3.26. The lowest BCUT2D eigenvalue weighted by Crippen LogP contribution is -2.03. The van der Waals surface area contributed by atoms with Gasteiger partial charge in [-0.2, -0.15) is 0 Å². The summed E-state index contributed by atoms with van der Waals surface area (Å²) in [7, 11) is 0. The second kappa shape index (κ2) is 4.41. The number of esters is 2. The molecule has 14 heavy (non-hydrogen) atoms. The lowest BCUT2D eigenvalue weighted by molar-refractivity contribution is -0.132. The Morgan fingerprint density at radius 3 is 1.86 bits per heavy atom. The van der Waals surface area contributed by atoms with Crippen molar-refractivity contribution in [2.24, 2.45) is 0 Å². The van der Waals surface area contributed by atoms with Gasteiger partial charge in [0.1, 0.15) is 11.5 Å². The van der Waals surface area contributed by atoms with Crippen LogP contribution in [0, 0.1) is 6.07 Å². The highest BCUT2D eigenvalue weighted by atomic mass is 16.5. The van der Waals surface area contributed by atoms with Gasteiger partial charge < -0.3 is 9.47 Å². The average molecular weight is 193 g/mol. The third-order valence-electron chi connectivity index (χ3n) is 1.26. The summed E-state index contributed by atoms with van der Waals surface area (Å²) in [5, 5.41) is 0. The van der Waals surface area contributed by atoms with Crippen molar-refractivity contribution in [3.05, 3.63) is 24.3 Å². The fourth-order valence-electron chi connectivity index (χ4n) is 0.879. The molecule has 0 unspecified atom stereocenters. The van der Waals surface area contributed by atoms with Crippen LogP contribution in [0.3, 0.4) is 0 Å². The normalized spacial score (nSPS) is 9.29. The molecule has 0 saturated heterocycles. The topological polar surface area (TPSA) is 52.6 Å². The third-order valence-corrected chi connectivity index (χ3v) is 1.26. The van der Waals surface area contributed by atoms with Crippen molar-refractivity contribution in [1.82, 2.24) is 0 Å². The quantitative estimate of drug-likeness (QED) is 0.525. The van der Waals surface area contributed by atoms with Crippen molar-refractivity contribution >= 4 is 11.9 Å². The largest absolute Gasteiger partial charge is 0.427 e. The van der Waals surface area contributed by atoms with Gasteiger partial charge >= 0.3 is 11.9 Å². The lowest BCUT2D eigenvalue weighted by atomic mass is 10.3. The molecule has 1 rings (SSSR count). The summed E-state index contributed by atoms with van der Waals surface area (Å²) in [6, 6.07) is 7.09. The summed E-state index contributed by atoms with van der Waals surface area (Å²) in [4.78, 5) is 21.2. The molecule has 0 N–H and O–H groups in total. The Kier molecular flexibility index (Phi) is 3.23. The van der Waals surface area contributed by atoms with E-state index >= 15 is 0 Å². The molecule has 0 saturated carbocycles. The fraction of sp³-hybridized carbons (Fsp3) is 0.200. The molecule has 0 aromatic heterocycles. The minimum Gasteiger partial charge on any atom is -0.427 e. The predicted molar refractivity (Wildman–Crippen MR) is 47.9 cm³/mol. The van der Waals surface area contributed by atoms with Crippen LogP contribution < -0.4 is 9.47 Å². The predicted octanol–water partition coefficient (Wildman–Crippen LogP) is 1.34. The van der Waals surface area contributed by atoms with Gasteiger partial charge in [0.05, 0.1) is 0 Å². The van der Waals surface area contributed by atoms with E-state index in [2.05, 4.69) is 6.07 Å². The Morgan fingerprint density at radius 2 is 1.50 bits per heavy atom. The molecule has 0 spiro atoms. The van der Waals surface area contributed by atoms with Crippen molar-refractivity contribution in [2.45, 2.75) is 13.8 Å². The Morgan fingerprint density at radius 1 is 1.07 bits per heavy atom. The Labute approximate surface area is 81.4 Å². The van der Waals surface area contributed by atoms with Crippen molar-refractivity contribution in [3.8, 4) is 11.5 Å². The molecule has 1 aromatic rings. The van der Waals surface area contributed by atoms with Crippen LogP contribution in [0.4, 0.5) is 0 Å². The van der Waals surface area contributed by atoms with E-state index in [1.54, 1.807) is 0 Å². The molecule has 0 atom stereocenters. The van der Waals surface area contributed by atoms with Crippen molar-refractivity contribution in [1.29, 1.82) is 0 Å². The molecule has 0 aliphatic rings. The number of hydrogen-bond donors (Lipinski definition) is 0. The maximum atomic E-state index is 10.6. The van der Waals surface area contributed by atoms with Crippen LogP contribution in [0.5, 0.6) is 11.5 Å². The number of carbonyl (C=O) groups is 2. The minimum atomic E-state index is -0.432. The van der Waals surface area contributed by atoms with Crippen LogP contribution in [0.15, 0.2) is 18.2 Å². The zero-order valence-corrected chi connectivity index (χ0v) is 7.87. The molecule has 0 aliphatic carbocycles. The first kappa shape index (κ1) is 10.2. The molecule has 4 nitrogen and oxygen atoms in total. The zero-order valence-electron chi connectivity index (χ0n) is 7.87. The highest BCUT2D eigenvalue weighted by molar-refractivity contribution is 5.71. The molecule has 1 radical (unpaired) electrons. The molecule has 0 bridgehead atoms. The first-order chi connectivity index (χ1) is 6.58. The highest BCUT2D eigenvalue weighted by Crippen LogP contribution is 2.19. The van der Waals surface area contributed by atoms with Gasteiger partial charge in [0.15, 0.2) is 0 Å². The molecule has 0 amide bonds. The van der Waals surface area contributed by atoms with Crippen LogP contribution in [0.2, 0.25) is 0 Å². The number of hydrogen-bond acceptors (Lipinski definition) is 4. The molecule has 0 heterocycles. The zero-order chi connectivity index (χ0) is 10.6. The van der Waals surface area contributed by atoms with Gasteiger partial charge in [-0.25, -0.2) is 0 Å². The molecule has 1 aromatic carbocycles. The van der Waals surface area contributed by atoms with Crippen molar-refractivity contribution in [2.75, 3.05) is 0 Å². The minimum absolute atomic E-state index is 0.302. The molecule has 73 valence electrons. The molecular formula is C10H9O4. The monoisotopic (exact) mass is 193 g/mol. The van der Waals surface area contributed by atoms with E-state index in [0.717, 1.165) is 0 Å². The summed E-state index contributed by atoms with van der Waals surface area (Å²) >= 11 is 0. The van der Waals surface area contributed by atoms with Gasteiger partial charge in [-0.15, -0.1) is 0 Å². The van der Waals surface area contributed by atoms with Crippen LogP contribution in [-0.2, 0) is 9.59 Å². The number of ether oxygens (including phenoxy) is 2. The van der Waals surface area contributed by atoms with E-state index in [1.165, 1.54) is 32.0 Å². The van der Waals surface area contributed by atoms with Crippen LogP contribution >= 0.6 is 0 Å². The summed E-state index contributed by atoms with van der Waals surface area (Å²) < 4.78 is 9.55. The van der Waals surface area contributed by atoms with Gasteiger partial charge in [0.25, 0.3) is 0 Å². The standard InChI is InChI=1S/C10H9O4/c1-7(11)13-9-4-3-5-10(6-9)14-8(2)12/h4-6H,1-2H3. The summed E-state index contributed by atoms with van der Waals surface area (Å²) in [5.41, 5.74) is 0. The first-order valence-corrected chi connectivity index (χ1v) is 3.96. The second-order valence-electron chi connectivity index (χ2n) is 2.59. The lowest BCUT2D eigenvalue weighted by Gasteiger charge is -2.03. The van der Waals surface area contributed by atoms with Crippen molar-refractivity contribution in [3.63, 3.8) is 0 Å². The van der Waals surface area contributed by atoms with Crippen LogP contribution in [-0.4, -0.2) is 11.9 Å². The highest BCUT2D eigenvalue weighted by Gasteiger charge is 2.02. The van der Waals surface area contributed by atoms with Gasteiger partial charge in [-0.1, -0.05) is 0 Å².